The fraction of sp³-hybridized carbons (Fsp3) is 0.308. The summed E-state index contributed by atoms with van der Waals surface area (Å²) in [6, 6.07) is 2.00. The first-order chi connectivity index (χ1) is 8.63. The van der Waals surface area contributed by atoms with Crippen LogP contribution in [0.5, 0.6) is 0 Å². The molecule has 0 fully saturated rings. The van der Waals surface area contributed by atoms with Crippen LogP contribution in [-0.4, -0.2) is 27.2 Å². The molecular weight excluding hydrogens is 228 g/mol. The Bertz CT molecular complexity index is 621. The van der Waals surface area contributed by atoms with Crippen molar-refractivity contribution in [2.24, 2.45) is 0 Å². The minimum absolute atomic E-state index is 0.210. The second kappa shape index (κ2) is 4.88. The van der Waals surface area contributed by atoms with Crippen molar-refractivity contribution in [1.82, 2.24) is 20.1 Å². The first kappa shape index (κ1) is 12.1. The number of carbonyl (C=O) groups is 1. The second-order valence-electron chi connectivity index (χ2n) is 4.21. The monoisotopic (exact) mass is 242 g/mol. The molecule has 0 radical (unpaired) electrons. The molecule has 2 rings (SSSR count). The Kier molecular flexibility index (Phi) is 3.28. The molecule has 18 heavy (non-hydrogen) atoms. The van der Waals surface area contributed by atoms with Crippen LogP contribution in [-0.2, 0) is 0 Å². The van der Waals surface area contributed by atoms with Crippen molar-refractivity contribution in [1.29, 1.82) is 0 Å². The number of terminal acetylenes is 1. The van der Waals surface area contributed by atoms with Gasteiger partial charge in [0.2, 0.25) is 0 Å². The average Bonchev–Trinajstić information content (AvgIpc) is 2.78. The number of pyridine rings is 1. The number of hydrogen-bond donors (Lipinski definition) is 1. The minimum Gasteiger partial charge on any atom is -0.341 e. The van der Waals surface area contributed by atoms with Crippen molar-refractivity contribution in [2.45, 2.75) is 19.9 Å². The average molecular weight is 242 g/mol. The molecular formula is C13H14N4O. The van der Waals surface area contributed by atoms with E-state index in [0.717, 1.165) is 11.0 Å². The van der Waals surface area contributed by atoms with Crippen LogP contribution in [0.4, 0.5) is 0 Å². The summed E-state index contributed by atoms with van der Waals surface area (Å²) in [6.07, 6.45) is 8.33. The Morgan fingerprint density at radius 2 is 2.33 bits per heavy atom. The largest absolute Gasteiger partial charge is 0.341 e. The summed E-state index contributed by atoms with van der Waals surface area (Å²) in [5, 5.41) is 7.69. The Balaban J connectivity index is 2.35. The normalized spacial score (nSPS) is 10.6. The highest BCUT2D eigenvalue weighted by atomic mass is 16.1. The van der Waals surface area contributed by atoms with Gasteiger partial charge in [-0.25, -0.2) is 9.67 Å². The molecule has 0 aliphatic heterocycles. The number of hydrogen-bond acceptors (Lipinski definition) is 3. The van der Waals surface area contributed by atoms with Crippen LogP contribution in [0.15, 0.2) is 18.5 Å². The van der Waals surface area contributed by atoms with Gasteiger partial charge in [-0.15, -0.1) is 6.42 Å². The summed E-state index contributed by atoms with van der Waals surface area (Å²) >= 11 is 0. The molecule has 1 amide bonds. The molecule has 2 aromatic rings. The maximum Gasteiger partial charge on any atom is 0.253 e. The summed E-state index contributed by atoms with van der Waals surface area (Å²) in [7, 11) is 0. The first-order valence-corrected chi connectivity index (χ1v) is 5.68. The Hall–Kier alpha value is -2.35. The molecule has 2 aromatic heterocycles. The summed E-state index contributed by atoms with van der Waals surface area (Å²) < 4.78 is 1.82. The van der Waals surface area contributed by atoms with Crippen LogP contribution in [0, 0.1) is 12.3 Å². The fourth-order valence-corrected chi connectivity index (χ4v) is 1.68. The van der Waals surface area contributed by atoms with Gasteiger partial charge in [-0.2, -0.15) is 5.10 Å². The van der Waals surface area contributed by atoms with Gasteiger partial charge in [-0.3, -0.25) is 4.79 Å². The quantitative estimate of drug-likeness (QED) is 0.827. The topological polar surface area (TPSA) is 59.8 Å². The number of fused-ring (bicyclic) bond motifs is 1. The molecule has 5 nitrogen and oxygen atoms in total. The fourth-order valence-electron chi connectivity index (χ4n) is 1.68. The van der Waals surface area contributed by atoms with Crippen molar-refractivity contribution in [3.63, 3.8) is 0 Å². The molecule has 92 valence electrons. The predicted octanol–water partition coefficient (Wildman–Crippen LogP) is 1.38. The molecule has 0 spiro atoms. The van der Waals surface area contributed by atoms with Gasteiger partial charge in [-0.1, -0.05) is 5.92 Å². The number of amides is 1. The second-order valence-corrected chi connectivity index (χ2v) is 4.21. The van der Waals surface area contributed by atoms with Gasteiger partial charge < -0.3 is 5.32 Å². The third-order valence-electron chi connectivity index (χ3n) is 2.54. The molecule has 0 bridgehead atoms. The summed E-state index contributed by atoms with van der Waals surface area (Å²) in [4.78, 5) is 16.0. The Morgan fingerprint density at radius 1 is 1.56 bits per heavy atom. The zero-order chi connectivity index (χ0) is 13.1. The van der Waals surface area contributed by atoms with Crippen LogP contribution < -0.4 is 5.32 Å². The lowest BCUT2D eigenvalue weighted by atomic mass is 10.2. The lowest BCUT2D eigenvalue weighted by Gasteiger charge is -2.06. The number of nitrogens with zero attached hydrogens (tertiary/aromatic N) is 3. The first-order valence-electron chi connectivity index (χ1n) is 5.68. The SMILES string of the molecule is C#CCNC(=O)c1cnc2c(cnn2C(C)C)c1. The highest BCUT2D eigenvalue weighted by Gasteiger charge is 2.10. The van der Waals surface area contributed by atoms with Gasteiger partial charge in [0, 0.05) is 17.6 Å². The molecule has 0 aliphatic rings. The highest BCUT2D eigenvalue weighted by molar-refractivity contribution is 5.96. The molecule has 0 aromatic carbocycles. The number of aromatic nitrogens is 3. The van der Waals surface area contributed by atoms with E-state index < -0.39 is 0 Å². The van der Waals surface area contributed by atoms with Crippen molar-refractivity contribution in [3.8, 4) is 12.3 Å². The molecule has 0 aliphatic carbocycles. The van der Waals surface area contributed by atoms with Gasteiger partial charge in [0.15, 0.2) is 5.65 Å². The van der Waals surface area contributed by atoms with Gasteiger partial charge in [0.05, 0.1) is 18.3 Å². The molecule has 2 heterocycles. The van der Waals surface area contributed by atoms with Gasteiger partial charge in [0.25, 0.3) is 5.91 Å². The van der Waals surface area contributed by atoms with E-state index in [-0.39, 0.29) is 18.5 Å². The third kappa shape index (κ3) is 2.18. The van der Waals surface area contributed by atoms with Crippen LogP contribution in [0.3, 0.4) is 0 Å². The number of rotatable bonds is 3. The van der Waals surface area contributed by atoms with Crippen molar-refractivity contribution in [2.75, 3.05) is 6.54 Å². The van der Waals surface area contributed by atoms with E-state index in [2.05, 4.69) is 21.3 Å². The lowest BCUT2D eigenvalue weighted by molar-refractivity contribution is 0.0958. The van der Waals surface area contributed by atoms with Crippen LogP contribution in [0.2, 0.25) is 0 Å². The number of carbonyl (C=O) groups excluding carboxylic acids is 1. The van der Waals surface area contributed by atoms with E-state index in [0.29, 0.717) is 5.56 Å². The van der Waals surface area contributed by atoms with E-state index in [1.54, 1.807) is 12.3 Å². The molecule has 5 heteroatoms. The zero-order valence-electron chi connectivity index (χ0n) is 10.3. The molecule has 0 atom stereocenters. The predicted molar refractivity (Wildman–Crippen MR) is 69.1 cm³/mol. The maximum atomic E-state index is 11.7. The van der Waals surface area contributed by atoms with E-state index in [4.69, 9.17) is 6.42 Å². The van der Waals surface area contributed by atoms with E-state index >= 15 is 0 Å². The van der Waals surface area contributed by atoms with Crippen LogP contribution in [0.1, 0.15) is 30.2 Å². The smallest absolute Gasteiger partial charge is 0.253 e. The lowest BCUT2D eigenvalue weighted by Crippen LogP contribution is -2.23. The van der Waals surface area contributed by atoms with E-state index in [9.17, 15) is 4.79 Å². The van der Waals surface area contributed by atoms with Gasteiger partial charge >= 0.3 is 0 Å². The highest BCUT2D eigenvalue weighted by Crippen LogP contribution is 2.16. The van der Waals surface area contributed by atoms with E-state index in [1.165, 1.54) is 6.20 Å². The van der Waals surface area contributed by atoms with Crippen molar-refractivity contribution in [3.05, 3.63) is 24.0 Å². The standard InChI is InChI=1S/C13H14N4O/c1-4-5-14-13(18)11-6-10-8-16-17(9(2)3)12(10)15-7-11/h1,6-9H,5H2,2-3H3,(H,14,18). The molecule has 0 saturated heterocycles. The Morgan fingerprint density at radius 3 is 3.00 bits per heavy atom. The van der Waals surface area contributed by atoms with Crippen molar-refractivity contribution < 1.29 is 4.79 Å². The summed E-state index contributed by atoms with van der Waals surface area (Å²) in [5.74, 6) is 2.13. The maximum absolute atomic E-state index is 11.7. The molecule has 1 N–H and O–H groups in total. The van der Waals surface area contributed by atoms with Gasteiger partial charge in [-0.05, 0) is 19.9 Å². The van der Waals surface area contributed by atoms with Crippen LogP contribution >= 0.6 is 0 Å². The molecule has 0 unspecified atom stereocenters. The zero-order valence-corrected chi connectivity index (χ0v) is 10.3. The van der Waals surface area contributed by atoms with Crippen molar-refractivity contribution >= 4 is 16.9 Å². The summed E-state index contributed by atoms with van der Waals surface area (Å²) in [6.45, 7) is 4.27. The third-order valence-corrected chi connectivity index (χ3v) is 2.54. The Labute approximate surface area is 105 Å². The molecule has 0 saturated carbocycles. The van der Waals surface area contributed by atoms with Crippen LogP contribution in [0.25, 0.3) is 11.0 Å². The summed E-state index contributed by atoms with van der Waals surface area (Å²) in [5.41, 5.74) is 1.26. The van der Waals surface area contributed by atoms with Gasteiger partial charge in [0.1, 0.15) is 0 Å². The van der Waals surface area contributed by atoms with E-state index in [1.807, 2.05) is 18.5 Å². The minimum atomic E-state index is -0.223. The number of nitrogens with one attached hydrogen (secondary N) is 1.